The molecule has 0 saturated carbocycles. The van der Waals surface area contributed by atoms with Gasteiger partial charge in [0.05, 0.1) is 22.3 Å². The van der Waals surface area contributed by atoms with Crippen LogP contribution < -0.4 is 4.90 Å². The van der Waals surface area contributed by atoms with Crippen molar-refractivity contribution in [2.75, 3.05) is 4.90 Å². The monoisotopic (exact) mass is 751 g/mol. The van der Waals surface area contributed by atoms with Gasteiger partial charge in [0.15, 0.2) is 11.6 Å². The van der Waals surface area contributed by atoms with E-state index in [1.54, 1.807) is 0 Å². The second kappa shape index (κ2) is 12.1. The molecule has 0 atom stereocenters. The second-order valence-corrected chi connectivity index (χ2v) is 15.5. The van der Waals surface area contributed by atoms with E-state index >= 15 is 0 Å². The van der Waals surface area contributed by atoms with Gasteiger partial charge in [0.25, 0.3) is 0 Å². The van der Waals surface area contributed by atoms with Gasteiger partial charge < -0.3 is 4.57 Å². The highest BCUT2D eigenvalue weighted by Gasteiger charge is 2.53. The van der Waals surface area contributed by atoms with E-state index in [2.05, 4.69) is 173 Å². The quantitative estimate of drug-likeness (QED) is 0.180. The van der Waals surface area contributed by atoms with E-state index in [0.29, 0.717) is 17.6 Å². The third-order valence-electron chi connectivity index (χ3n) is 12.6. The summed E-state index contributed by atoms with van der Waals surface area (Å²) in [5.41, 5.74) is 18.4. The largest absolute Gasteiger partial charge is 0.314 e. The van der Waals surface area contributed by atoms with Crippen LogP contribution in [0.5, 0.6) is 0 Å². The van der Waals surface area contributed by atoms with Gasteiger partial charge in [-0.25, -0.2) is 4.98 Å². The molecule has 3 aliphatic rings. The molecule has 0 radical (unpaired) electrons. The van der Waals surface area contributed by atoms with Crippen molar-refractivity contribution in [2.45, 2.75) is 5.41 Å². The van der Waals surface area contributed by atoms with Gasteiger partial charge in [0, 0.05) is 39.5 Å². The van der Waals surface area contributed by atoms with Gasteiger partial charge >= 0.3 is 0 Å². The van der Waals surface area contributed by atoms with Crippen LogP contribution in [0.3, 0.4) is 0 Å². The maximum absolute atomic E-state index is 5.30. The van der Waals surface area contributed by atoms with Gasteiger partial charge in [0.1, 0.15) is 0 Å². The topological polar surface area (TPSA) is 46.8 Å². The molecule has 1 aliphatic heterocycles. The Morgan fingerprint density at radius 1 is 0.390 bits per heavy atom. The van der Waals surface area contributed by atoms with Gasteiger partial charge in [-0.05, 0) is 68.8 Å². The summed E-state index contributed by atoms with van der Waals surface area (Å²) in [6.07, 6.45) is 2.30. The Morgan fingerprint density at radius 2 is 0.881 bits per heavy atom. The maximum Gasteiger partial charge on any atom is 0.238 e. The molecule has 0 saturated heterocycles. The molecule has 13 rings (SSSR count). The number of hydrogen-bond acceptors (Lipinski definition) is 4. The summed E-state index contributed by atoms with van der Waals surface area (Å²) in [5, 5.41) is 1.17. The first-order chi connectivity index (χ1) is 29.3. The Kier molecular flexibility index (Phi) is 6.59. The zero-order valence-corrected chi connectivity index (χ0v) is 31.8. The zero-order chi connectivity index (χ0) is 38.7. The predicted octanol–water partition coefficient (Wildman–Crippen LogP) is 12.9. The Hall–Kier alpha value is -7.89. The van der Waals surface area contributed by atoms with Crippen LogP contribution >= 0.6 is 0 Å². The third kappa shape index (κ3) is 4.31. The number of fused-ring (bicyclic) bond motifs is 13. The fraction of sp³-hybridized carbons (Fsp3) is 0.0185. The van der Waals surface area contributed by atoms with E-state index in [1.807, 2.05) is 36.4 Å². The highest BCUT2D eigenvalue weighted by Crippen LogP contribution is 2.66. The Labute approximate surface area is 341 Å². The van der Waals surface area contributed by atoms with Crippen LogP contribution in [0, 0.1) is 0 Å². The maximum atomic E-state index is 5.30. The SMILES string of the molecule is c1ccc(-c2nc(-c3ccccc3)nc(N3c4ccccc4-c4cc5c(c6c4c3cn6-c3ccccc3)-c3ccccc3C53c4ccccc4-c4ccccc43)n2)cc1. The smallest absolute Gasteiger partial charge is 0.238 e. The number of para-hydroxylation sites is 2. The predicted molar refractivity (Wildman–Crippen MR) is 238 cm³/mol. The molecule has 0 bridgehead atoms. The molecular formula is C54H33N5. The van der Waals surface area contributed by atoms with Crippen molar-refractivity contribution in [3.63, 3.8) is 0 Å². The van der Waals surface area contributed by atoms with Crippen molar-refractivity contribution in [3.8, 4) is 61.8 Å². The third-order valence-corrected chi connectivity index (χ3v) is 12.6. The first-order valence-corrected chi connectivity index (χ1v) is 20.1. The number of nitrogens with zero attached hydrogens (tertiary/aromatic N) is 5. The van der Waals surface area contributed by atoms with E-state index < -0.39 is 5.41 Å². The van der Waals surface area contributed by atoms with Crippen molar-refractivity contribution in [3.05, 3.63) is 223 Å². The molecule has 3 heterocycles. The van der Waals surface area contributed by atoms with Crippen molar-refractivity contribution in [2.24, 2.45) is 0 Å². The van der Waals surface area contributed by atoms with Crippen LogP contribution in [0.1, 0.15) is 22.3 Å². The van der Waals surface area contributed by atoms with Gasteiger partial charge in [-0.3, -0.25) is 4.90 Å². The number of benzene rings is 8. The molecule has 10 aromatic rings. The zero-order valence-electron chi connectivity index (χ0n) is 31.8. The average Bonchev–Trinajstić information content (AvgIpc) is 3.95. The number of aromatic nitrogens is 4. The van der Waals surface area contributed by atoms with Gasteiger partial charge in [-0.1, -0.05) is 170 Å². The Morgan fingerprint density at radius 3 is 1.49 bits per heavy atom. The van der Waals surface area contributed by atoms with E-state index in [1.165, 1.54) is 61.0 Å². The fourth-order valence-corrected chi connectivity index (χ4v) is 10.3. The summed E-state index contributed by atoms with van der Waals surface area (Å²) in [5.74, 6) is 1.82. The summed E-state index contributed by atoms with van der Waals surface area (Å²) < 4.78 is 2.41. The van der Waals surface area contributed by atoms with E-state index in [0.717, 1.165) is 33.8 Å². The molecular weight excluding hydrogens is 719 g/mol. The summed E-state index contributed by atoms with van der Waals surface area (Å²) in [7, 11) is 0. The van der Waals surface area contributed by atoms with Gasteiger partial charge in [0.2, 0.25) is 5.95 Å². The fourth-order valence-electron chi connectivity index (χ4n) is 10.3. The van der Waals surface area contributed by atoms with E-state index in [4.69, 9.17) is 15.0 Å². The van der Waals surface area contributed by atoms with Crippen LogP contribution in [-0.4, -0.2) is 19.5 Å². The molecule has 2 aliphatic carbocycles. The van der Waals surface area contributed by atoms with Crippen LogP contribution in [-0.2, 0) is 5.41 Å². The summed E-state index contributed by atoms with van der Waals surface area (Å²) in [4.78, 5) is 17.9. The normalized spacial score (nSPS) is 13.5. The molecule has 0 amide bonds. The molecule has 8 aromatic carbocycles. The standard InChI is InChI=1S/C54H33N5/c1-4-18-34(19-5-1)51-55-52(35-20-6-2-7-21-35)57-53(56-51)59-46-31-17-13-26-39(46)41-32-45-48(50-49(41)47(59)33-58(50)36-22-8-3-9-23-36)40-27-12-16-30-44(40)54(45)42-28-14-10-24-37(42)38-25-11-15-29-43(38)54/h1-33H. The lowest BCUT2D eigenvalue weighted by Crippen LogP contribution is -2.26. The Bertz CT molecular complexity index is 3230. The molecule has 0 fully saturated rings. The highest BCUT2D eigenvalue weighted by atomic mass is 15.3. The first kappa shape index (κ1) is 32.2. The molecule has 5 nitrogen and oxygen atoms in total. The number of rotatable bonds is 4. The van der Waals surface area contributed by atoms with Crippen LogP contribution in [0.2, 0.25) is 0 Å². The van der Waals surface area contributed by atoms with Crippen LogP contribution in [0.25, 0.3) is 72.7 Å². The second-order valence-electron chi connectivity index (χ2n) is 15.5. The molecule has 2 aromatic heterocycles. The van der Waals surface area contributed by atoms with Crippen molar-refractivity contribution in [1.82, 2.24) is 19.5 Å². The first-order valence-electron chi connectivity index (χ1n) is 20.1. The number of anilines is 3. The van der Waals surface area contributed by atoms with E-state index in [9.17, 15) is 0 Å². The Balaban J connectivity index is 1.18. The molecule has 5 heteroatoms. The summed E-state index contributed by atoms with van der Waals surface area (Å²) in [6, 6.07) is 69.6. The molecule has 59 heavy (non-hydrogen) atoms. The molecule has 0 N–H and O–H groups in total. The molecule has 1 spiro atoms. The van der Waals surface area contributed by atoms with Crippen molar-refractivity contribution < 1.29 is 0 Å². The lowest BCUT2D eigenvalue weighted by Gasteiger charge is -2.33. The average molecular weight is 752 g/mol. The lowest BCUT2D eigenvalue weighted by atomic mass is 9.70. The lowest BCUT2D eigenvalue weighted by molar-refractivity contribution is 0.794. The van der Waals surface area contributed by atoms with E-state index in [-0.39, 0.29) is 0 Å². The van der Waals surface area contributed by atoms with Crippen LogP contribution in [0.4, 0.5) is 17.3 Å². The summed E-state index contributed by atoms with van der Waals surface area (Å²) >= 11 is 0. The number of hydrogen-bond donors (Lipinski definition) is 0. The summed E-state index contributed by atoms with van der Waals surface area (Å²) in [6.45, 7) is 0. The molecule has 0 unspecified atom stereocenters. The van der Waals surface area contributed by atoms with Crippen molar-refractivity contribution in [1.29, 1.82) is 0 Å². The highest BCUT2D eigenvalue weighted by molar-refractivity contribution is 6.20. The molecule has 274 valence electrons. The minimum Gasteiger partial charge on any atom is -0.314 e. The minimum atomic E-state index is -0.495. The van der Waals surface area contributed by atoms with Crippen LogP contribution in [0.15, 0.2) is 200 Å². The van der Waals surface area contributed by atoms with Crippen molar-refractivity contribution >= 4 is 28.2 Å². The minimum absolute atomic E-state index is 0.495. The van der Waals surface area contributed by atoms with Gasteiger partial charge in [-0.2, -0.15) is 9.97 Å². The van der Waals surface area contributed by atoms with Gasteiger partial charge in [-0.15, -0.1) is 0 Å².